The van der Waals surface area contributed by atoms with Crippen molar-refractivity contribution in [2.75, 3.05) is 9.80 Å². The molecule has 0 bridgehead atoms. The molecule has 3 aromatic heterocycles. The summed E-state index contributed by atoms with van der Waals surface area (Å²) in [4.78, 5) is 45.5. The molecule has 3 N–H and O–H groups in total. The molecule has 0 saturated heterocycles. The van der Waals surface area contributed by atoms with Gasteiger partial charge in [0.05, 0.1) is 37.6 Å². The fraction of sp³-hybridized carbons (Fsp3) is 0.217. The minimum absolute atomic E-state index is 0.0269. The first-order valence-corrected chi connectivity index (χ1v) is 20.6. The van der Waals surface area contributed by atoms with Gasteiger partial charge in [-0.15, -0.1) is 10.2 Å². The van der Waals surface area contributed by atoms with E-state index in [1.54, 1.807) is 46.5 Å². The van der Waals surface area contributed by atoms with Gasteiger partial charge in [0.1, 0.15) is 11.6 Å². The molecule has 4 aromatic carbocycles. The fourth-order valence-corrected chi connectivity index (χ4v) is 7.40. The number of H-pyrrole nitrogens is 1. The number of nitrogens with zero attached hydrogens (tertiary/aromatic N) is 10. The highest BCUT2D eigenvalue weighted by molar-refractivity contribution is 6.59. The normalized spacial score (nSPS) is 12.6. The van der Waals surface area contributed by atoms with Gasteiger partial charge in [0.2, 0.25) is 22.9 Å². The lowest BCUT2D eigenvalue weighted by Gasteiger charge is -2.18. The summed E-state index contributed by atoms with van der Waals surface area (Å²) < 4.78 is 0. The zero-order valence-corrected chi connectivity index (χ0v) is 35.8. The largest absolute Gasteiger partial charge is 0.488 e. The molecule has 0 aliphatic carbocycles. The SMILES string of the molecule is CC(C)c1ccccc1-c1ncc2c(n1)N(Cc1ccc(-c3nn[nH]n3)cc1)C(=O)C2.CC(C)c1ccccc1B(O)O.N#Cc1ccc(CN2C(=O)Cc3cnc(Cl)nc32)cc1. The van der Waals surface area contributed by atoms with Crippen LogP contribution < -0.4 is 15.3 Å². The molecular weight excluding hydrogens is 817 g/mol. The molecule has 0 saturated carbocycles. The fourth-order valence-electron chi connectivity index (χ4n) is 7.27. The number of hydrogen-bond donors (Lipinski definition) is 3. The predicted molar refractivity (Wildman–Crippen MR) is 240 cm³/mol. The maximum absolute atomic E-state index is 12.7. The number of fused-ring (bicyclic) bond motifs is 2. The van der Waals surface area contributed by atoms with Crippen molar-refractivity contribution in [1.82, 2.24) is 40.6 Å². The van der Waals surface area contributed by atoms with E-state index in [4.69, 9.17) is 31.9 Å². The molecule has 2 aliphatic rings. The van der Waals surface area contributed by atoms with Gasteiger partial charge < -0.3 is 10.0 Å². The predicted octanol–water partition coefficient (Wildman–Crippen LogP) is 6.12. The molecule has 15 nitrogen and oxygen atoms in total. The third-order valence-corrected chi connectivity index (χ3v) is 10.7. The van der Waals surface area contributed by atoms with Crippen molar-refractivity contribution < 1.29 is 19.6 Å². The molecule has 9 rings (SSSR count). The Morgan fingerprint density at radius 2 is 1.29 bits per heavy atom. The molecule has 0 unspecified atom stereocenters. The standard InChI is InChI=1S/C23H21N7O.C14H9ClN4O.C9H13BO2/c1-14(2)18-5-3-4-6-19(18)22-24-12-17-11-20(31)30(23(17)25-22)13-15-7-9-16(10-8-15)21-26-28-29-27-21;15-14-17-7-11-5-12(20)19(13(11)18-14)8-10-3-1-9(6-16)2-4-10;1-7(2)8-5-3-4-6-9(8)10(11)12/h3-10,12,14H,11,13H2,1-2H3,(H,26,27,28,29);1-4,7H,5,8H2;3-7,11-12H,1-2H3. The first kappa shape index (κ1) is 43.9. The van der Waals surface area contributed by atoms with E-state index in [1.165, 1.54) is 5.56 Å². The van der Waals surface area contributed by atoms with E-state index in [0.29, 0.717) is 72.1 Å². The summed E-state index contributed by atoms with van der Waals surface area (Å²) in [6.45, 7) is 9.22. The van der Waals surface area contributed by atoms with Crippen molar-refractivity contribution in [3.8, 4) is 28.8 Å². The maximum Gasteiger partial charge on any atom is 0.488 e. The average Bonchev–Trinajstić information content (AvgIpc) is 4.02. The Bertz CT molecular complexity index is 2740. The van der Waals surface area contributed by atoms with Crippen molar-refractivity contribution in [1.29, 1.82) is 5.26 Å². The molecule has 2 aliphatic heterocycles. The summed E-state index contributed by atoms with van der Waals surface area (Å²) in [6.07, 6.45) is 3.98. The van der Waals surface area contributed by atoms with Gasteiger partial charge in [-0.05, 0) is 68.5 Å². The topological polar surface area (TPSA) is 211 Å². The maximum atomic E-state index is 12.7. The van der Waals surface area contributed by atoms with E-state index in [-0.39, 0.29) is 17.1 Å². The summed E-state index contributed by atoms with van der Waals surface area (Å²) in [5.74, 6) is 3.12. The second-order valence-electron chi connectivity index (χ2n) is 15.5. The van der Waals surface area contributed by atoms with Crippen molar-refractivity contribution >= 4 is 47.6 Å². The number of carbonyl (C=O) groups excluding carboxylic acids is 2. The Morgan fingerprint density at radius 1 is 0.730 bits per heavy atom. The lowest BCUT2D eigenvalue weighted by molar-refractivity contribution is -0.118. The molecule has 0 fully saturated rings. The van der Waals surface area contributed by atoms with Crippen molar-refractivity contribution in [2.45, 2.75) is 65.5 Å². The Balaban J connectivity index is 0.000000159. The molecule has 0 spiro atoms. The van der Waals surface area contributed by atoms with E-state index >= 15 is 0 Å². The molecule has 63 heavy (non-hydrogen) atoms. The highest BCUT2D eigenvalue weighted by atomic mass is 35.5. The van der Waals surface area contributed by atoms with E-state index < -0.39 is 7.12 Å². The molecule has 7 aromatic rings. The average molecular weight is 860 g/mol. The zero-order valence-electron chi connectivity index (χ0n) is 35.0. The van der Waals surface area contributed by atoms with Crippen LogP contribution in [-0.4, -0.2) is 69.5 Å². The highest BCUT2D eigenvalue weighted by Gasteiger charge is 2.31. The van der Waals surface area contributed by atoms with Gasteiger partial charge in [-0.25, -0.2) is 15.0 Å². The number of carbonyl (C=O) groups is 2. The first-order chi connectivity index (χ1) is 30.4. The number of halogens is 1. The number of rotatable bonds is 9. The van der Waals surface area contributed by atoms with Gasteiger partial charge in [-0.3, -0.25) is 19.4 Å². The Kier molecular flexibility index (Phi) is 13.7. The molecular formula is C46H43BClN11O4. The Morgan fingerprint density at radius 3 is 1.84 bits per heavy atom. The number of anilines is 2. The van der Waals surface area contributed by atoms with Gasteiger partial charge in [-0.2, -0.15) is 15.5 Å². The minimum Gasteiger partial charge on any atom is -0.423 e. The number of nitriles is 1. The molecule has 316 valence electrons. The zero-order chi connectivity index (χ0) is 44.6. The molecule has 0 radical (unpaired) electrons. The number of tetrazole rings is 1. The van der Waals surface area contributed by atoms with E-state index in [1.807, 2.05) is 80.6 Å². The number of hydrogen-bond acceptors (Lipinski definition) is 12. The Hall–Kier alpha value is -7.19. The van der Waals surface area contributed by atoms with Crippen molar-refractivity contribution in [3.05, 3.63) is 154 Å². The van der Waals surface area contributed by atoms with Crippen LogP contribution in [0.5, 0.6) is 0 Å². The van der Waals surface area contributed by atoms with Crippen LogP contribution in [0.1, 0.15) is 78.5 Å². The summed E-state index contributed by atoms with van der Waals surface area (Å²) in [7, 11) is -1.36. The van der Waals surface area contributed by atoms with E-state index in [2.05, 4.69) is 61.6 Å². The molecule has 2 amide bonds. The van der Waals surface area contributed by atoms with Gasteiger partial charge in [0, 0.05) is 34.6 Å². The van der Waals surface area contributed by atoms with E-state index in [0.717, 1.165) is 38.9 Å². The number of aromatic amines is 1. The monoisotopic (exact) mass is 859 g/mol. The minimum atomic E-state index is -1.36. The third-order valence-electron chi connectivity index (χ3n) is 10.5. The van der Waals surface area contributed by atoms with Gasteiger partial charge in [0.25, 0.3) is 0 Å². The summed E-state index contributed by atoms with van der Waals surface area (Å²) in [5.41, 5.74) is 8.82. The molecule has 5 heterocycles. The summed E-state index contributed by atoms with van der Waals surface area (Å²) in [5, 5.41) is 40.9. The van der Waals surface area contributed by atoms with Gasteiger partial charge in [0.15, 0.2) is 5.82 Å². The third kappa shape index (κ3) is 10.3. The number of nitrogens with one attached hydrogen (secondary N) is 1. The smallest absolute Gasteiger partial charge is 0.423 e. The van der Waals surface area contributed by atoms with Crippen LogP contribution in [0, 0.1) is 11.3 Å². The number of amides is 2. The van der Waals surface area contributed by atoms with Crippen molar-refractivity contribution in [2.24, 2.45) is 0 Å². The highest BCUT2D eigenvalue weighted by Crippen LogP contribution is 2.33. The summed E-state index contributed by atoms with van der Waals surface area (Å²) in [6, 6.07) is 32.5. The quantitative estimate of drug-likeness (QED) is 0.111. The number of benzene rings is 4. The first-order valence-electron chi connectivity index (χ1n) is 20.2. The van der Waals surface area contributed by atoms with Crippen LogP contribution >= 0.6 is 11.6 Å². The van der Waals surface area contributed by atoms with E-state index in [9.17, 15) is 9.59 Å². The molecule has 17 heteroatoms. The van der Waals surface area contributed by atoms with Crippen LogP contribution in [0.25, 0.3) is 22.8 Å². The second kappa shape index (κ2) is 19.7. The lowest BCUT2D eigenvalue weighted by atomic mass is 9.74. The summed E-state index contributed by atoms with van der Waals surface area (Å²) >= 11 is 5.78. The van der Waals surface area contributed by atoms with Crippen LogP contribution in [0.4, 0.5) is 11.6 Å². The van der Waals surface area contributed by atoms with Crippen LogP contribution in [0.15, 0.2) is 109 Å². The van der Waals surface area contributed by atoms with Gasteiger partial charge >= 0.3 is 7.12 Å². The molecule has 0 atom stereocenters. The lowest BCUT2D eigenvalue weighted by Crippen LogP contribution is -2.33. The van der Waals surface area contributed by atoms with Crippen LogP contribution in [0.2, 0.25) is 5.28 Å². The van der Waals surface area contributed by atoms with Crippen LogP contribution in [-0.2, 0) is 35.5 Å². The van der Waals surface area contributed by atoms with Gasteiger partial charge in [-0.1, -0.05) is 113 Å². The van der Waals surface area contributed by atoms with Crippen LogP contribution in [0.3, 0.4) is 0 Å². The Labute approximate surface area is 369 Å². The number of aromatic nitrogens is 8. The van der Waals surface area contributed by atoms with Crippen molar-refractivity contribution in [3.63, 3.8) is 0 Å². The second-order valence-corrected chi connectivity index (χ2v) is 15.8.